The molecule has 1 aromatic heterocycles. The molecule has 0 fully saturated rings. The van der Waals surface area contributed by atoms with E-state index in [1.54, 1.807) is 12.1 Å². The highest BCUT2D eigenvalue weighted by molar-refractivity contribution is 5.92. The van der Waals surface area contributed by atoms with Gasteiger partial charge in [-0.05, 0) is 29.7 Å². The van der Waals surface area contributed by atoms with Gasteiger partial charge in [-0.15, -0.1) is 0 Å². The van der Waals surface area contributed by atoms with E-state index in [4.69, 9.17) is 9.52 Å². The summed E-state index contributed by atoms with van der Waals surface area (Å²) in [6.45, 7) is 2.96. The maximum atomic E-state index is 11.8. The molecule has 3 rings (SSSR count). The van der Waals surface area contributed by atoms with Crippen LogP contribution in [0, 0.1) is 0 Å². The van der Waals surface area contributed by atoms with Crippen molar-refractivity contribution >= 4 is 22.6 Å². The molecule has 1 unspecified atom stereocenters. The van der Waals surface area contributed by atoms with Crippen LogP contribution in [0.1, 0.15) is 28.8 Å². The van der Waals surface area contributed by atoms with Crippen LogP contribution < -0.4 is 10.5 Å². The minimum Gasteiger partial charge on any atom is -0.477 e. The zero-order valence-corrected chi connectivity index (χ0v) is 14.1. The van der Waals surface area contributed by atoms with Crippen molar-refractivity contribution in [3.63, 3.8) is 0 Å². The predicted octanol–water partition coefficient (Wildman–Crippen LogP) is 3.73. The van der Waals surface area contributed by atoms with E-state index >= 15 is 0 Å². The fourth-order valence-corrected chi connectivity index (χ4v) is 2.89. The van der Waals surface area contributed by atoms with Crippen molar-refractivity contribution in [3.05, 3.63) is 76.1 Å². The number of carboxylic acid groups (broad SMARTS) is 1. The Hall–Kier alpha value is -3.08. The van der Waals surface area contributed by atoms with E-state index in [9.17, 15) is 9.59 Å². The van der Waals surface area contributed by atoms with Gasteiger partial charge >= 0.3 is 11.6 Å². The summed E-state index contributed by atoms with van der Waals surface area (Å²) in [5.74, 6) is -0.947. The Bertz CT molecular complexity index is 962. The van der Waals surface area contributed by atoms with Gasteiger partial charge in [-0.1, -0.05) is 37.3 Å². The molecule has 3 aromatic rings. The lowest BCUT2D eigenvalue weighted by Gasteiger charge is -2.24. The van der Waals surface area contributed by atoms with Crippen LogP contribution in [0.25, 0.3) is 11.0 Å². The first-order valence-electron chi connectivity index (χ1n) is 8.03. The summed E-state index contributed by atoms with van der Waals surface area (Å²) in [7, 11) is 1.98. The Morgan fingerprint density at radius 1 is 1.16 bits per heavy atom. The Labute approximate surface area is 145 Å². The molecule has 0 bridgehead atoms. The predicted molar refractivity (Wildman–Crippen MR) is 97.6 cm³/mol. The summed E-state index contributed by atoms with van der Waals surface area (Å²) in [6, 6.07) is 17.0. The van der Waals surface area contributed by atoms with Gasteiger partial charge in [-0.3, -0.25) is 0 Å². The number of fused-ring (bicyclic) bond motifs is 1. The van der Waals surface area contributed by atoms with Gasteiger partial charge in [0.1, 0.15) is 11.1 Å². The number of hydrogen-bond donors (Lipinski definition) is 1. The first-order valence-corrected chi connectivity index (χ1v) is 8.03. The standard InChI is InChI=1S/C20H19NO4/c1-13(14-6-4-3-5-7-14)12-21(2)16-9-8-15-10-17(19(22)23)20(24)25-18(15)11-16/h3-11,13H,12H2,1-2H3,(H,22,23). The molecule has 2 aromatic carbocycles. The molecule has 5 nitrogen and oxygen atoms in total. The quantitative estimate of drug-likeness (QED) is 0.718. The van der Waals surface area contributed by atoms with E-state index in [1.807, 2.05) is 31.3 Å². The number of benzene rings is 2. The van der Waals surface area contributed by atoms with Gasteiger partial charge in [0.2, 0.25) is 0 Å². The zero-order chi connectivity index (χ0) is 18.0. The average molecular weight is 337 g/mol. The van der Waals surface area contributed by atoms with Crippen molar-refractivity contribution < 1.29 is 14.3 Å². The lowest BCUT2D eigenvalue weighted by molar-refractivity contribution is 0.0692. The van der Waals surface area contributed by atoms with Crippen LogP contribution in [-0.4, -0.2) is 24.7 Å². The van der Waals surface area contributed by atoms with Crippen molar-refractivity contribution in [2.24, 2.45) is 0 Å². The van der Waals surface area contributed by atoms with Gasteiger partial charge in [0, 0.05) is 30.7 Å². The molecule has 0 spiro atoms. The molecule has 0 aliphatic rings. The molecule has 5 heteroatoms. The molecule has 0 radical (unpaired) electrons. The summed E-state index contributed by atoms with van der Waals surface area (Å²) in [4.78, 5) is 24.9. The molecular weight excluding hydrogens is 318 g/mol. The maximum Gasteiger partial charge on any atom is 0.351 e. The average Bonchev–Trinajstić information content (AvgIpc) is 2.61. The second kappa shape index (κ2) is 6.81. The molecule has 1 heterocycles. The highest BCUT2D eigenvalue weighted by atomic mass is 16.4. The molecule has 0 saturated carbocycles. The first-order chi connectivity index (χ1) is 12.0. The molecule has 128 valence electrons. The minimum atomic E-state index is -1.28. The topological polar surface area (TPSA) is 70.8 Å². The summed E-state index contributed by atoms with van der Waals surface area (Å²) in [5, 5.41) is 9.60. The van der Waals surface area contributed by atoms with E-state index in [0.717, 1.165) is 12.2 Å². The summed E-state index contributed by atoms with van der Waals surface area (Å²) in [5.41, 5.74) is 1.35. The van der Waals surface area contributed by atoms with Gasteiger partial charge in [0.25, 0.3) is 0 Å². The molecule has 25 heavy (non-hydrogen) atoms. The van der Waals surface area contributed by atoms with Crippen LogP contribution >= 0.6 is 0 Å². The second-order valence-electron chi connectivity index (χ2n) is 6.17. The molecule has 0 amide bonds. The molecule has 0 aliphatic heterocycles. The normalized spacial score (nSPS) is 12.1. The van der Waals surface area contributed by atoms with Crippen molar-refractivity contribution in [1.29, 1.82) is 0 Å². The van der Waals surface area contributed by atoms with Crippen LogP contribution in [0.2, 0.25) is 0 Å². The van der Waals surface area contributed by atoms with Gasteiger partial charge in [-0.2, -0.15) is 0 Å². The molecule has 0 saturated heterocycles. The Kier molecular flexibility index (Phi) is 4.57. The monoisotopic (exact) mass is 337 g/mol. The number of hydrogen-bond acceptors (Lipinski definition) is 4. The number of anilines is 1. The summed E-state index contributed by atoms with van der Waals surface area (Å²) >= 11 is 0. The Balaban J connectivity index is 1.87. The third-order valence-electron chi connectivity index (χ3n) is 4.31. The molecule has 1 N–H and O–H groups in total. The fourth-order valence-electron chi connectivity index (χ4n) is 2.89. The molecular formula is C20H19NO4. The number of likely N-dealkylation sites (N-methyl/N-ethyl adjacent to an activating group) is 1. The van der Waals surface area contributed by atoms with Crippen LogP contribution in [0.15, 0.2) is 63.8 Å². The molecule has 0 aliphatic carbocycles. The summed E-state index contributed by atoms with van der Waals surface area (Å²) in [6.07, 6.45) is 0. The van der Waals surface area contributed by atoms with Crippen molar-refractivity contribution in [2.45, 2.75) is 12.8 Å². The van der Waals surface area contributed by atoms with Crippen LogP contribution in [0.4, 0.5) is 5.69 Å². The number of nitrogens with zero attached hydrogens (tertiary/aromatic N) is 1. The summed E-state index contributed by atoms with van der Waals surface area (Å²) < 4.78 is 5.17. The van der Waals surface area contributed by atoms with Gasteiger partial charge in [0.15, 0.2) is 0 Å². The van der Waals surface area contributed by atoms with E-state index in [0.29, 0.717) is 16.9 Å². The van der Waals surface area contributed by atoms with E-state index < -0.39 is 11.6 Å². The first kappa shape index (κ1) is 16.8. The third-order valence-corrected chi connectivity index (χ3v) is 4.31. The number of carboxylic acids is 1. The largest absolute Gasteiger partial charge is 0.477 e. The Morgan fingerprint density at radius 3 is 2.56 bits per heavy atom. The lowest BCUT2D eigenvalue weighted by Crippen LogP contribution is -2.23. The smallest absolute Gasteiger partial charge is 0.351 e. The van der Waals surface area contributed by atoms with Gasteiger partial charge in [0.05, 0.1) is 0 Å². The number of carbonyl (C=O) groups is 1. The lowest BCUT2D eigenvalue weighted by atomic mass is 10.0. The van der Waals surface area contributed by atoms with Crippen molar-refractivity contribution in [3.8, 4) is 0 Å². The number of aromatic carboxylic acids is 1. The van der Waals surface area contributed by atoms with E-state index in [2.05, 4.69) is 24.0 Å². The Morgan fingerprint density at radius 2 is 1.88 bits per heavy atom. The minimum absolute atomic E-state index is 0.336. The SMILES string of the molecule is CC(CN(C)c1ccc2cc(C(=O)O)c(=O)oc2c1)c1ccccc1. The van der Waals surface area contributed by atoms with Crippen LogP contribution in [0.3, 0.4) is 0 Å². The van der Waals surface area contributed by atoms with Crippen LogP contribution in [0.5, 0.6) is 0 Å². The van der Waals surface area contributed by atoms with Gasteiger partial charge in [-0.25, -0.2) is 9.59 Å². The second-order valence-corrected chi connectivity index (χ2v) is 6.17. The fraction of sp³-hybridized carbons (Fsp3) is 0.200. The highest BCUT2D eigenvalue weighted by Gasteiger charge is 2.14. The zero-order valence-electron chi connectivity index (χ0n) is 14.1. The van der Waals surface area contributed by atoms with Gasteiger partial charge < -0.3 is 14.4 Å². The number of rotatable bonds is 5. The van der Waals surface area contributed by atoms with Crippen molar-refractivity contribution in [1.82, 2.24) is 0 Å². The maximum absolute atomic E-state index is 11.8. The van der Waals surface area contributed by atoms with Crippen molar-refractivity contribution in [2.75, 3.05) is 18.5 Å². The third kappa shape index (κ3) is 3.55. The van der Waals surface area contributed by atoms with Crippen LogP contribution in [-0.2, 0) is 0 Å². The highest BCUT2D eigenvalue weighted by Crippen LogP contribution is 2.24. The molecule has 1 atom stereocenters. The van der Waals surface area contributed by atoms with E-state index in [-0.39, 0.29) is 5.56 Å². The van der Waals surface area contributed by atoms with E-state index in [1.165, 1.54) is 11.6 Å².